The second kappa shape index (κ2) is 11.6. The van der Waals surface area contributed by atoms with Crippen molar-refractivity contribution in [2.24, 2.45) is 0 Å². The molecule has 0 aromatic carbocycles. The standard InChI is InChI=1S/C8H17.C4H9O3S.Zn/c1-3-5-7-8-6-4-2;1-2-3-4-8(5,6)7;/h1,3-8H2,2H3;1-4H2,(H,5,6,7);. The summed E-state index contributed by atoms with van der Waals surface area (Å²) in [6.07, 6.45) is 9.87. The molecule has 0 unspecified atom stereocenters. The first kappa shape index (κ1) is 17.5. The number of hydrogen-bond acceptors (Lipinski definition) is 2. The molecule has 0 rings (SSSR count). The first-order chi connectivity index (χ1) is 8.06. The first-order valence-corrected chi connectivity index (χ1v) is 12.8. The van der Waals surface area contributed by atoms with Crippen molar-refractivity contribution in [1.82, 2.24) is 0 Å². The van der Waals surface area contributed by atoms with Crippen molar-refractivity contribution in [3.05, 3.63) is 0 Å². The second-order valence-corrected chi connectivity index (χ2v) is 10.8. The summed E-state index contributed by atoms with van der Waals surface area (Å²) >= 11 is -0.376. The van der Waals surface area contributed by atoms with Gasteiger partial charge in [0, 0.05) is 0 Å². The van der Waals surface area contributed by atoms with Gasteiger partial charge in [-0.3, -0.25) is 0 Å². The molecular weight excluding hydrogens is 290 g/mol. The summed E-state index contributed by atoms with van der Waals surface area (Å²) in [4.78, 5) is 0. The zero-order valence-corrected chi connectivity index (χ0v) is 14.9. The Labute approximate surface area is 114 Å². The molecule has 100 valence electrons. The van der Waals surface area contributed by atoms with Crippen molar-refractivity contribution in [3.63, 3.8) is 0 Å². The normalized spacial score (nSPS) is 11.4. The first-order valence-electron chi connectivity index (χ1n) is 7.01. The van der Waals surface area contributed by atoms with E-state index in [0.717, 1.165) is 6.42 Å². The monoisotopic (exact) mass is 314 g/mol. The molecule has 0 atom stereocenters. The van der Waals surface area contributed by atoms with Crippen molar-refractivity contribution in [2.75, 3.05) is 5.75 Å². The zero-order chi connectivity index (χ0) is 13.0. The van der Waals surface area contributed by atoms with Crippen LogP contribution in [-0.2, 0) is 27.2 Å². The van der Waals surface area contributed by atoms with Crippen LogP contribution in [0, 0.1) is 0 Å². The molecule has 0 fully saturated rings. The average molecular weight is 316 g/mol. The fraction of sp³-hybridized carbons (Fsp3) is 1.00. The summed E-state index contributed by atoms with van der Waals surface area (Å²) in [6.45, 7) is 2.24. The fourth-order valence-electron chi connectivity index (χ4n) is 1.95. The van der Waals surface area contributed by atoms with E-state index in [0.29, 0.717) is 6.42 Å². The van der Waals surface area contributed by atoms with E-state index in [1.54, 1.807) is 0 Å². The summed E-state index contributed by atoms with van der Waals surface area (Å²) in [6, 6.07) is 0. The summed E-state index contributed by atoms with van der Waals surface area (Å²) < 4.78 is 29.5. The predicted octanol–water partition coefficient (Wildman–Crippen LogP) is 3.93. The minimum atomic E-state index is -3.71. The van der Waals surface area contributed by atoms with Crippen LogP contribution in [0.25, 0.3) is 0 Å². The molecule has 17 heavy (non-hydrogen) atoms. The van der Waals surface area contributed by atoms with Crippen LogP contribution in [0.5, 0.6) is 0 Å². The molecule has 0 aliphatic heterocycles. The quantitative estimate of drug-likeness (QED) is 0.337. The van der Waals surface area contributed by atoms with E-state index in [1.165, 1.54) is 48.6 Å². The van der Waals surface area contributed by atoms with Crippen LogP contribution in [0.3, 0.4) is 0 Å². The van der Waals surface area contributed by atoms with Crippen molar-refractivity contribution in [2.45, 2.75) is 68.3 Å². The van der Waals surface area contributed by atoms with Gasteiger partial charge in [-0.25, -0.2) is 0 Å². The van der Waals surface area contributed by atoms with Gasteiger partial charge in [-0.05, 0) is 0 Å². The van der Waals surface area contributed by atoms with Gasteiger partial charge in [0.05, 0.1) is 0 Å². The van der Waals surface area contributed by atoms with Crippen molar-refractivity contribution in [3.8, 4) is 0 Å². The third-order valence-electron chi connectivity index (χ3n) is 3.01. The topological polar surface area (TPSA) is 54.4 Å². The van der Waals surface area contributed by atoms with Crippen LogP contribution < -0.4 is 0 Å². The van der Waals surface area contributed by atoms with Crippen LogP contribution in [0.2, 0.25) is 10.0 Å². The van der Waals surface area contributed by atoms with Gasteiger partial charge in [0.25, 0.3) is 0 Å². The van der Waals surface area contributed by atoms with Gasteiger partial charge in [0.1, 0.15) is 0 Å². The van der Waals surface area contributed by atoms with Crippen LogP contribution in [0.15, 0.2) is 0 Å². The Hall–Kier alpha value is 0.533. The number of rotatable bonds is 12. The molecule has 0 saturated carbocycles. The second-order valence-electron chi connectivity index (χ2n) is 4.82. The predicted molar refractivity (Wildman–Crippen MR) is 68.6 cm³/mol. The third kappa shape index (κ3) is 16.5. The van der Waals surface area contributed by atoms with E-state index in [4.69, 9.17) is 4.55 Å². The van der Waals surface area contributed by atoms with Crippen molar-refractivity contribution >= 4 is 10.1 Å². The Kier molecular flexibility index (Phi) is 12.0. The average Bonchev–Trinajstić information content (AvgIpc) is 2.24. The Bertz CT molecular complexity index is 252. The van der Waals surface area contributed by atoms with Gasteiger partial charge in [0.2, 0.25) is 0 Å². The minimum absolute atomic E-state index is 0.0493. The fourth-order valence-corrected chi connectivity index (χ4v) is 6.23. The van der Waals surface area contributed by atoms with Crippen LogP contribution in [0.1, 0.15) is 58.3 Å². The third-order valence-corrected chi connectivity index (χ3v) is 8.01. The van der Waals surface area contributed by atoms with Gasteiger partial charge >= 0.3 is 114 Å². The van der Waals surface area contributed by atoms with Gasteiger partial charge in [-0.15, -0.1) is 0 Å². The van der Waals surface area contributed by atoms with Crippen LogP contribution >= 0.6 is 0 Å². The Morgan fingerprint density at radius 3 is 2.00 bits per heavy atom. The molecule has 0 aliphatic rings. The van der Waals surface area contributed by atoms with Crippen LogP contribution in [0.4, 0.5) is 0 Å². The molecule has 0 amide bonds. The molecule has 0 radical (unpaired) electrons. The summed E-state index contributed by atoms with van der Waals surface area (Å²) in [5.74, 6) is -0.0493. The van der Waals surface area contributed by atoms with E-state index in [9.17, 15) is 8.42 Å². The van der Waals surface area contributed by atoms with E-state index in [-0.39, 0.29) is 22.9 Å². The maximum atomic E-state index is 10.5. The number of unbranched alkanes of at least 4 members (excludes halogenated alkanes) is 6. The summed E-state index contributed by atoms with van der Waals surface area (Å²) in [5.41, 5.74) is 0. The molecular formula is C12H26O3SZn. The van der Waals surface area contributed by atoms with E-state index in [1.807, 2.05) is 0 Å². The van der Waals surface area contributed by atoms with Gasteiger partial charge < -0.3 is 0 Å². The SMILES string of the molecule is CCCCCCC[CH2][Zn][CH2]CCCS(=O)(=O)O. The molecule has 0 spiro atoms. The molecule has 0 aromatic heterocycles. The Morgan fingerprint density at radius 2 is 1.41 bits per heavy atom. The van der Waals surface area contributed by atoms with E-state index < -0.39 is 10.1 Å². The van der Waals surface area contributed by atoms with Gasteiger partial charge in [0.15, 0.2) is 0 Å². The Morgan fingerprint density at radius 1 is 0.882 bits per heavy atom. The summed E-state index contributed by atoms with van der Waals surface area (Å²) in [7, 11) is -3.71. The molecule has 0 saturated heterocycles. The van der Waals surface area contributed by atoms with E-state index >= 15 is 0 Å². The van der Waals surface area contributed by atoms with Gasteiger partial charge in [-0.1, -0.05) is 0 Å². The molecule has 0 heterocycles. The molecule has 0 aliphatic carbocycles. The summed E-state index contributed by atoms with van der Waals surface area (Å²) in [5, 5.41) is 2.72. The Balaban J connectivity index is 3.04. The van der Waals surface area contributed by atoms with Crippen molar-refractivity contribution < 1.29 is 30.1 Å². The molecule has 0 bridgehead atoms. The van der Waals surface area contributed by atoms with Crippen molar-refractivity contribution in [1.29, 1.82) is 0 Å². The van der Waals surface area contributed by atoms with Gasteiger partial charge in [-0.2, -0.15) is 0 Å². The number of hydrogen-bond donors (Lipinski definition) is 1. The molecule has 5 heteroatoms. The van der Waals surface area contributed by atoms with Crippen LogP contribution in [-0.4, -0.2) is 18.7 Å². The molecule has 0 aromatic rings. The molecule has 1 N–H and O–H groups in total. The maximum absolute atomic E-state index is 10.5. The molecule has 3 nitrogen and oxygen atoms in total. The van der Waals surface area contributed by atoms with E-state index in [2.05, 4.69) is 6.92 Å². The zero-order valence-electron chi connectivity index (χ0n) is 11.2.